The van der Waals surface area contributed by atoms with Gasteiger partial charge in [0.15, 0.2) is 0 Å². The smallest absolute Gasteiger partial charge is 0.267 e. The van der Waals surface area contributed by atoms with E-state index in [1.165, 1.54) is 22.9 Å². The first-order valence-corrected chi connectivity index (χ1v) is 10.7. The van der Waals surface area contributed by atoms with Gasteiger partial charge < -0.3 is 15.5 Å². The molecule has 164 valence electrons. The van der Waals surface area contributed by atoms with E-state index in [2.05, 4.69) is 45.3 Å². The Morgan fingerprint density at radius 1 is 1.26 bits per heavy atom. The number of para-hydroxylation sites is 1. The van der Waals surface area contributed by atoms with E-state index in [1.807, 2.05) is 19.2 Å². The molecule has 2 aliphatic rings. The number of hydrogen-bond donors (Lipinski definition) is 2. The Hall–Kier alpha value is -2.41. The summed E-state index contributed by atoms with van der Waals surface area (Å²) in [6.07, 6.45) is 7.27. The van der Waals surface area contributed by atoms with Crippen LogP contribution in [0.3, 0.4) is 0 Å². The molecule has 5 rings (SSSR count). The zero-order valence-corrected chi connectivity index (χ0v) is 18.5. The van der Waals surface area contributed by atoms with Gasteiger partial charge in [-0.15, -0.1) is 12.4 Å². The molecule has 7 heteroatoms. The highest BCUT2D eigenvalue weighted by atomic mass is 35.5. The van der Waals surface area contributed by atoms with Crippen LogP contribution < -0.4 is 5.73 Å². The first-order valence-electron chi connectivity index (χ1n) is 10.7. The van der Waals surface area contributed by atoms with Crippen molar-refractivity contribution >= 4 is 29.2 Å². The van der Waals surface area contributed by atoms with Crippen molar-refractivity contribution in [1.82, 2.24) is 14.9 Å². The SMILES string of the molecule is COC1(c2ccnc(C(N)=O)c2)[C@@H]2CCC[C@H]1CN(Cc1c[nH]c3ccccc13)C2.Cl. The normalized spacial score (nSPS) is 25.8. The second-order valence-corrected chi connectivity index (χ2v) is 8.67. The average molecular weight is 441 g/mol. The maximum absolute atomic E-state index is 11.7. The van der Waals surface area contributed by atoms with Crippen molar-refractivity contribution in [1.29, 1.82) is 0 Å². The van der Waals surface area contributed by atoms with Gasteiger partial charge in [0.25, 0.3) is 5.91 Å². The van der Waals surface area contributed by atoms with Crippen LogP contribution in [0.15, 0.2) is 48.8 Å². The van der Waals surface area contributed by atoms with Gasteiger partial charge in [-0.2, -0.15) is 0 Å². The first kappa shape index (κ1) is 21.8. The number of halogens is 1. The molecule has 2 fully saturated rings. The molecule has 1 saturated heterocycles. The number of piperidine rings is 1. The maximum atomic E-state index is 11.7. The van der Waals surface area contributed by atoms with Gasteiger partial charge >= 0.3 is 0 Å². The van der Waals surface area contributed by atoms with Gasteiger partial charge in [0.05, 0.1) is 0 Å². The Balaban J connectivity index is 0.00000231. The number of rotatable bonds is 5. The average Bonchev–Trinajstić information content (AvgIpc) is 3.16. The molecule has 1 aliphatic carbocycles. The number of methoxy groups -OCH3 is 1. The molecule has 1 aliphatic heterocycles. The molecule has 0 radical (unpaired) electrons. The molecule has 1 saturated carbocycles. The molecule has 1 aromatic carbocycles. The molecule has 3 aromatic rings. The third-order valence-corrected chi connectivity index (χ3v) is 7.15. The van der Waals surface area contributed by atoms with E-state index in [-0.39, 0.29) is 18.0 Å². The van der Waals surface area contributed by atoms with Crippen LogP contribution in [0.4, 0.5) is 0 Å². The largest absolute Gasteiger partial charge is 0.373 e. The Bertz CT molecular complexity index is 1070. The fraction of sp³-hybridized carbons (Fsp3) is 0.417. The molecule has 6 nitrogen and oxygen atoms in total. The lowest BCUT2D eigenvalue weighted by Crippen LogP contribution is -2.58. The van der Waals surface area contributed by atoms with Crippen molar-refractivity contribution in [2.75, 3.05) is 20.2 Å². The summed E-state index contributed by atoms with van der Waals surface area (Å²) >= 11 is 0. The number of primary amides is 1. The predicted molar refractivity (Wildman–Crippen MR) is 123 cm³/mol. The molecule has 2 bridgehead atoms. The van der Waals surface area contributed by atoms with Crippen molar-refractivity contribution in [2.24, 2.45) is 17.6 Å². The number of nitrogens with one attached hydrogen (secondary N) is 1. The molecule has 3 atom stereocenters. The van der Waals surface area contributed by atoms with E-state index in [0.29, 0.717) is 17.5 Å². The second-order valence-electron chi connectivity index (χ2n) is 8.67. The molecule has 3 N–H and O–H groups in total. The molecular weight excluding hydrogens is 412 g/mol. The number of pyridine rings is 1. The minimum atomic E-state index is -0.495. The zero-order valence-electron chi connectivity index (χ0n) is 17.7. The van der Waals surface area contributed by atoms with E-state index >= 15 is 0 Å². The van der Waals surface area contributed by atoms with Crippen molar-refractivity contribution in [3.63, 3.8) is 0 Å². The quantitative estimate of drug-likeness (QED) is 0.631. The molecular formula is C24H29ClN4O2. The zero-order chi connectivity index (χ0) is 20.7. The van der Waals surface area contributed by atoms with Gasteiger partial charge in [-0.25, -0.2) is 0 Å². The number of aromatic nitrogens is 2. The lowest BCUT2D eigenvalue weighted by Gasteiger charge is -2.55. The van der Waals surface area contributed by atoms with Gasteiger partial charge in [-0.1, -0.05) is 24.6 Å². The molecule has 3 heterocycles. The predicted octanol–water partition coefficient (Wildman–Crippen LogP) is 3.86. The Morgan fingerprint density at radius 2 is 2.00 bits per heavy atom. The van der Waals surface area contributed by atoms with Gasteiger partial charge in [0.1, 0.15) is 11.3 Å². The fourth-order valence-corrected chi connectivity index (χ4v) is 5.89. The third kappa shape index (κ3) is 3.63. The van der Waals surface area contributed by atoms with Crippen LogP contribution in [0.5, 0.6) is 0 Å². The van der Waals surface area contributed by atoms with Gasteiger partial charge in [0.2, 0.25) is 0 Å². The summed E-state index contributed by atoms with van der Waals surface area (Å²) in [4.78, 5) is 21.8. The summed E-state index contributed by atoms with van der Waals surface area (Å²) in [7, 11) is 1.81. The number of ether oxygens (including phenoxy) is 1. The number of carbonyl (C=O) groups excluding carboxylic acids is 1. The van der Waals surface area contributed by atoms with Crippen molar-refractivity contribution < 1.29 is 9.53 Å². The highest BCUT2D eigenvalue weighted by molar-refractivity contribution is 5.90. The standard InChI is InChI=1S/C24H28N4O2.ClH/c1-30-24(17-9-10-26-22(11-17)23(25)29)18-5-4-6-19(24)15-28(14-18)13-16-12-27-21-8-3-2-7-20(16)21;/h2-3,7-12,18-19,27H,4-6,13-15H2,1H3,(H2,25,29);1H/t18-,19+,24?;. The highest BCUT2D eigenvalue weighted by Crippen LogP contribution is 2.51. The highest BCUT2D eigenvalue weighted by Gasteiger charge is 2.53. The number of likely N-dealkylation sites (tertiary alicyclic amines) is 1. The number of hydrogen-bond acceptors (Lipinski definition) is 4. The lowest BCUT2D eigenvalue weighted by molar-refractivity contribution is -0.170. The number of nitrogens with two attached hydrogens (primary N) is 1. The van der Waals surface area contributed by atoms with E-state index < -0.39 is 5.91 Å². The third-order valence-electron chi connectivity index (χ3n) is 7.15. The second kappa shape index (κ2) is 8.61. The summed E-state index contributed by atoms with van der Waals surface area (Å²) in [6, 6.07) is 12.3. The summed E-state index contributed by atoms with van der Waals surface area (Å²) in [5, 5.41) is 1.30. The minimum absolute atomic E-state index is 0. The van der Waals surface area contributed by atoms with Crippen LogP contribution in [0.1, 0.15) is 40.9 Å². The number of benzene rings is 1. The van der Waals surface area contributed by atoms with E-state index in [1.54, 1.807) is 6.20 Å². The Labute approximate surface area is 188 Å². The molecule has 0 spiro atoms. The van der Waals surface area contributed by atoms with Crippen LogP contribution >= 0.6 is 12.4 Å². The van der Waals surface area contributed by atoms with Crippen molar-refractivity contribution in [3.8, 4) is 0 Å². The summed E-state index contributed by atoms with van der Waals surface area (Å²) in [6.45, 7) is 2.87. The van der Waals surface area contributed by atoms with Crippen LogP contribution in [-0.2, 0) is 16.9 Å². The molecule has 1 amide bonds. The summed E-state index contributed by atoms with van der Waals surface area (Å²) in [5.41, 5.74) is 8.99. The minimum Gasteiger partial charge on any atom is -0.373 e. The van der Waals surface area contributed by atoms with Gasteiger partial charge in [0, 0.05) is 61.9 Å². The lowest BCUT2D eigenvalue weighted by atomic mass is 9.62. The van der Waals surface area contributed by atoms with Crippen LogP contribution in [0.25, 0.3) is 10.9 Å². The van der Waals surface area contributed by atoms with E-state index in [4.69, 9.17) is 10.5 Å². The number of H-pyrrole nitrogens is 1. The van der Waals surface area contributed by atoms with Crippen molar-refractivity contribution in [2.45, 2.75) is 31.4 Å². The molecule has 31 heavy (non-hydrogen) atoms. The Morgan fingerprint density at radius 3 is 2.71 bits per heavy atom. The fourth-order valence-electron chi connectivity index (χ4n) is 5.89. The van der Waals surface area contributed by atoms with E-state index in [9.17, 15) is 4.79 Å². The maximum Gasteiger partial charge on any atom is 0.267 e. The Kier molecular flexibility index (Phi) is 6.06. The van der Waals surface area contributed by atoms with Crippen LogP contribution in [-0.4, -0.2) is 41.0 Å². The van der Waals surface area contributed by atoms with Gasteiger partial charge in [-0.3, -0.25) is 14.7 Å². The number of amides is 1. The van der Waals surface area contributed by atoms with Crippen LogP contribution in [0.2, 0.25) is 0 Å². The summed E-state index contributed by atoms with van der Waals surface area (Å²) in [5.74, 6) is 0.233. The number of carbonyl (C=O) groups is 1. The topological polar surface area (TPSA) is 84.2 Å². The number of nitrogens with zero attached hydrogens (tertiary/aromatic N) is 2. The monoisotopic (exact) mass is 440 g/mol. The van der Waals surface area contributed by atoms with Crippen molar-refractivity contribution in [3.05, 3.63) is 65.6 Å². The molecule has 1 unspecified atom stereocenters. The van der Waals surface area contributed by atoms with Gasteiger partial charge in [-0.05, 0) is 42.2 Å². The number of fused-ring (bicyclic) bond motifs is 3. The summed E-state index contributed by atoms with van der Waals surface area (Å²) < 4.78 is 6.31. The molecule has 2 aromatic heterocycles. The van der Waals surface area contributed by atoms with E-state index in [0.717, 1.165) is 38.0 Å². The first-order chi connectivity index (χ1) is 14.6. The van der Waals surface area contributed by atoms with Crippen LogP contribution in [0, 0.1) is 11.8 Å². The number of aromatic amines is 1.